The van der Waals surface area contributed by atoms with Crippen LogP contribution in [0.2, 0.25) is 5.02 Å². The number of piperidine rings is 1. The van der Waals surface area contributed by atoms with Gasteiger partial charge in [-0.05, 0) is 74.4 Å². The maximum absolute atomic E-state index is 13.3. The molecule has 3 N–H and O–H groups in total. The number of carbonyl (C=O) groups excluding carboxylic acids is 6. The lowest BCUT2D eigenvalue weighted by Crippen LogP contribution is -2.54. The second-order valence-corrected chi connectivity index (χ2v) is 15.6. The van der Waals surface area contributed by atoms with E-state index in [1.807, 2.05) is 37.3 Å². The van der Waals surface area contributed by atoms with Gasteiger partial charge in [-0.3, -0.25) is 44.2 Å². The van der Waals surface area contributed by atoms with Crippen LogP contribution in [-0.4, -0.2) is 111 Å². The van der Waals surface area contributed by atoms with Crippen molar-refractivity contribution in [1.82, 2.24) is 30.2 Å². The average Bonchev–Trinajstić information content (AvgIpc) is 3.87. The third-order valence-electron chi connectivity index (χ3n) is 11.5. The number of aromatic amines is 1. The molecule has 1 aromatic heterocycles. The molecule has 4 aliphatic heterocycles. The van der Waals surface area contributed by atoms with Gasteiger partial charge in [0.1, 0.15) is 12.1 Å². The van der Waals surface area contributed by atoms with Gasteiger partial charge in [-0.25, -0.2) is 4.79 Å². The molecular formula is C39H43ClN8O7. The zero-order valence-corrected chi connectivity index (χ0v) is 31.3. The molecule has 8 rings (SSSR count). The molecule has 0 bridgehead atoms. The molecule has 2 aromatic carbocycles. The molecule has 15 nitrogen and oxygen atoms in total. The smallest absolute Gasteiger partial charge is 0.410 e. The molecule has 4 fully saturated rings. The van der Waals surface area contributed by atoms with E-state index >= 15 is 0 Å². The van der Waals surface area contributed by atoms with E-state index in [0.29, 0.717) is 36.0 Å². The van der Waals surface area contributed by atoms with Gasteiger partial charge in [0.05, 0.1) is 17.5 Å². The number of rotatable bonds is 9. The van der Waals surface area contributed by atoms with E-state index in [9.17, 15) is 28.8 Å². The van der Waals surface area contributed by atoms with E-state index in [1.54, 1.807) is 17.0 Å². The Labute approximate surface area is 322 Å². The molecule has 0 radical (unpaired) electrons. The number of fused-ring (bicyclic) bond motifs is 1. The zero-order chi connectivity index (χ0) is 38.4. The van der Waals surface area contributed by atoms with Crippen LogP contribution in [0.1, 0.15) is 88.9 Å². The predicted molar refractivity (Wildman–Crippen MR) is 201 cm³/mol. The molecule has 5 heterocycles. The van der Waals surface area contributed by atoms with Crippen molar-refractivity contribution in [2.75, 3.05) is 42.9 Å². The Morgan fingerprint density at radius 1 is 0.927 bits per heavy atom. The van der Waals surface area contributed by atoms with Crippen molar-refractivity contribution >= 4 is 58.7 Å². The highest BCUT2D eigenvalue weighted by molar-refractivity contribution is 6.31. The predicted octanol–water partition coefficient (Wildman–Crippen LogP) is 3.83. The molecule has 1 saturated carbocycles. The van der Waals surface area contributed by atoms with Crippen LogP contribution in [0.15, 0.2) is 42.5 Å². The number of carbonyl (C=O) groups is 6. The molecule has 4 atom stereocenters. The van der Waals surface area contributed by atoms with Crippen molar-refractivity contribution in [1.29, 1.82) is 0 Å². The number of likely N-dealkylation sites (tertiary alicyclic amines) is 1. The van der Waals surface area contributed by atoms with Crippen LogP contribution in [0, 0.1) is 0 Å². The average molecular weight is 771 g/mol. The molecule has 6 amide bonds. The van der Waals surface area contributed by atoms with Crippen LogP contribution in [0.3, 0.4) is 0 Å². The minimum Gasteiger partial charge on any atom is -0.446 e. The molecule has 3 saturated heterocycles. The fraction of sp³-hybridized carbons (Fsp3) is 0.462. The second kappa shape index (κ2) is 15.1. The molecule has 1 unspecified atom stereocenters. The number of piperazine rings is 1. The first-order chi connectivity index (χ1) is 26.5. The number of imide groups is 2. The molecular weight excluding hydrogens is 728 g/mol. The molecule has 16 heteroatoms. The number of hydrogen-bond donors (Lipinski definition) is 3. The van der Waals surface area contributed by atoms with E-state index in [0.717, 1.165) is 67.2 Å². The summed E-state index contributed by atoms with van der Waals surface area (Å²) in [6.07, 6.45) is 3.32. The monoisotopic (exact) mass is 770 g/mol. The number of benzene rings is 2. The van der Waals surface area contributed by atoms with Crippen LogP contribution in [0.25, 0.3) is 0 Å². The molecule has 3 aromatic rings. The van der Waals surface area contributed by atoms with Crippen LogP contribution in [-0.2, 0) is 32.1 Å². The second-order valence-electron chi connectivity index (χ2n) is 15.1. The minimum atomic E-state index is -0.997. The highest BCUT2D eigenvalue weighted by atomic mass is 35.5. The van der Waals surface area contributed by atoms with Gasteiger partial charge in [0.15, 0.2) is 5.82 Å². The number of nitrogens with one attached hydrogen (secondary N) is 3. The topological polar surface area (TPSA) is 177 Å². The number of aromatic nitrogens is 2. The number of nitrogens with zero attached hydrogens (tertiary/aromatic N) is 5. The summed E-state index contributed by atoms with van der Waals surface area (Å²) in [5, 5.41) is 12.9. The fourth-order valence-electron chi connectivity index (χ4n) is 8.21. The van der Waals surface area contributed by atoms with E-state index in [1.165, 1.54) is 0 Å². The Kier molecular flexibility index (Phi) is 10.1. The summed E-state index contributed by atoms with van der Waals surface area (Å²) >= 11 is 6.66. The van der Waals surface area contributed by atoms with Gasteiger partial charge in [-0.1, -0.05) is 23.7 Å². The highest BCUT2D eigenvalue weighted by Crippen LogP contribution is 2.37. The Morgan fingerprint density at radius 3 is 2.45 bits per heavy atom. The Hall–Kier alpha value is -5.28. The van der Waals surface area contributed by atoms with Gasteiger partial charge in [-0.15, -0.1) is 0 Å². The first kappa shape index (κ1) is 36.7. The molecule has 55 heavy (non-hydrogen) atoms. The summed E-state index contributed by atoms with van der Waals surface area (Å²) in [5.74, 6) is -1.69. The first-order valence-corrected chi connectivity index (χ1v) is 19.3. The van der Waals surface area contributed by atoms with Gasteiger partial charge in [-0.2, -0.15) is 5.10 Å². The fourth-order valence-corrected chi connectivity index (χ4v) is 8.48. The summed E-state index contributed by atoms with van der Waals surface area (Å²) in [4.78, 5) is 82.9. The Bertz CT molecular complexity index is 2060. The third kappa shape index (κ3) is 7.55. The number of H-pyrrole nitrogens is 1. The molecule has 1 aliphatic carbocycles. The lowest BCUT2D eigenvalue weighted by atomic mass is 10.0. The van der Waals surface area contributed by atoms with Crippen molar-refractivity contribution in [3.63, 3.8) is 0 Å². The van der Waals surface area contributed by atoms with E-state index in [4.69, 9.17) is 16.3 Å². The highest BCUT2D eigenvalue weighted by Gasteiger charge is 2.45. The zero-order valence-electron chi connectivity index (χ0n) is 30.5. The van der Waals surface area contributed by atoms with Crippen molar-refractivity contribution in [2.24, 2.45) is 0 Å². The number of anilines is 2. The van der Waals surface area contributed by atoms with Crippen molar-refractivity contribution in [3.8, 4) is 0 Å². The van der Waals surface area contributed by atoms with Crippen molar-refractivity contribution < 1.29 is 33.5 Å². The lowest BCUT2D eigenvalue weighted by Gasteiger charge is -2.38. The lowest BCUT2D eigenvalue weighted by molar-refractivity contribution is -0.136. The summed E-state index contributed by atoms with van der Waals surface area (Å²) in [6, 6.07) is 12.0. The van der Waals surface area contributed by atoms with E-state index in [2.05, 4.69) is 30.6 Å². The van der Waals surface area contributed by atoms with Gasteiger partial charge in [0.2, 0.25) is 17.7 Å². The summed E-state index contributed by atoms with van der Waals surface area (Å²) in [6.45, 7) is 6.36. The van der Waals surface area contributed by atoms with Crippen LogP contribution in [0.4, 0.5) is 16.3 Å². The Morgan fingerprint density at radius 2 is 1.73 bits per heavy atom. The SMILES string of the molecule is C[C@@H]1CCN1C(=O)O[C@@H]1CC[C@H](c2cc(NC(=O)Cc3ccc(CN4CCN(c5ccc6c(c5)C(=O)N(C5CCC(=O)NC5=O)C6=O)CC4)cc3Cl)n[nH]2)C1. The third-order valence-corrected chi connectivity index (χ3v) is 11.9. The summed E-state index contributed by atoms with van der Waals surface area (Å²) < 4.78 is 5.73. The molecule has 0 spiro atoms. The number of hydrogen-bond acceptors (Lipinski definition) is 10. The number of halogens is 1. The molecule has 288 valence electrons. The normalized spacial score (nSPS) is 24.1. The standard InChI is InChI=1S/C39H43ClN8O7/c1-22-10-11-47(22)39(54)55-27-6-4-25(17-27)31-20-33(44-43-31)41-35(50)18-24-3-2-23(16-30(24)40)21-45-12-14-46(15-13-45)26-5-7-28-29(19-26)38(53)48(37(28)52)32-8-9-34(49)42-36(32)51/h2-3,5,7,16,19-20,22,25,27,32H,4,6,8-15,17-18,21H2,1H3,(H,42,49,51)(H2,41,43,44,50)/t22-,25+,27-,32?/m1/s1. The maximum Gasteiger partial charge on any atom is 0.410 e. The van der Waals surface area contributed by atoms with Crippen LogP contribution < -0.4 is 15.5 Å². The number of amides is 6. The maximum atomic E-state index is 13.3. The van der Waals surface area contributed by atoms with Crippen LogP contribution in [0.5, 0.6) is 0 Å². The van der Waals surface area contributed by atoms with Crippen LogP contribution >= 0.6 is 11.6 Å². The Balaban J connectivity index is 0.798. The van der Waals surface area contributed by atoms with Gasteiger partial charge < -0.3 is 19.9 Å². The van der Waals surface area contributed by atoms with Gasteiger partial charge >= 0.3 is 6.09 Å². The largest absolute Gasteiger partial charge is 0.446 e. The van der Waals surface area contributed by atoms with E-state index < -0.39 is 29.7 Å². The van der Waals surface area contributed by atoms with Gasteiger partial charge in [0, 0.05) is 80.1 Å². The van der Waals surface area contributed by atoms with Crippen molar-refractivity contribution in [3.05, 3.63) is 75.4 Å². The van der Waals surface area contributed by atoms with E-state index in [-0.39, 0.29) is 60.5 Å². The quantitative estimate of drug-likeness (QED) is 0.271. The molecule has 5 aliphatic rings. The summed E-state index contributed by atoms with van der Waals surface area (Å²) in [5.41, 5.74) is 3.99. The minimum absolute atomic E-state index is 0.0735. The first-order valence-electron chi connectivity index (χ1n) is 18.9. The van der Waals surface area contributed by atoms with Crippen molar-refractivity contribution in [2.45, 2.75) is 82.5 Å². The van der Waals surface area contributed by atoms with Gasteiger partial charge in [0.25, 0.3) is 11.8 Å². The number of ether oxygens (including phenoxy) is 1. The summed E-state index contributed by atoms with van der Waals surface area (Å²) in [7, 11) is 0.